The van der Waals surface area contributed by atoms with Crippen LogP contribution >= 0.6 is 11.6 Å². The lowest BCUT2D eigenvalue weighted by Crippen LogP contribution is -1.99. The molecule has 50 valence electrons. The van der Waals surface area contributed by atoms with Gasteiger partial charge in [-0.25, -0.2) is 0 Å². The Balaban J connectivity index is 3.00. The number of benzene rings is 1. The van der Waals surface area contributed by atoms with Gasteiger partial charge in [0, 0.05) is 5.03 Å². The summed E-state index contributed by atoms with van der Waals surface area (Å²) in [5.41, 5.74) is 2.23. The zero-order chi connectivity index (χ0) is 7.56. The van der Waals surface area contributed by atoms with Gasteiger partial charge < -0.3 is 0 Å². The SMILES string of the molecule is Bc1ccc(C(=C)Cl)cc1. The van der Waals surface area contributed by atoms with Crippen molar-refractivity contribution in [3.8, 4) is 0 Å². The smallest absolute Gasteiger partial charge is 0.0889 e. The zero-order valence-electron chi connectivity index (χ0n) is 5.89. The van der Waals surface area contributed by atoms with Crippen LogP contribution in [0.3, 0.4) is 0 Å². The van der Waals surface area contributed by atoms with Crippen molar-refractivity contribution in [2.24, 2.45) is 0 Å². The van der Waals surface area contributed by atoms with Crippen LogP contribution in [0.2, 0.25) is 0 Å². The second-order valence-electron chi connectivity index (χ2n) is 2.27. The molecule has 0 amide bonds. The Labute approximate surface area is 66.9 Å². The van der Waals surface area contributed by atoms with E-state index in [9.17, 15) is 0 Å². The summed E-state index contributed by atoms with van der Waals surface area (Å²) in [6, 6.07) is 7.96. The Hall–Kier alpha value is -0.685. The van der Waals surface area contributed by atoms with Crippen molar-refractivity contribution < 1.29 is 0 Å². The van der Waals surface area contributed by atoms with Gasteiger partial charge in [-0.1, -0.05) is 47.9 Å². The maximum Gasteiger partial charge on any atom is 0.139 e. The fraction of sp³-hybridized carbons (Fsp3) is 0. The van der Waals surface area contributed by atoms with Crippen LogP contribution in [0.1, 0.15) is 5.56 Å². The number of rotatable bonds is 1. The first-order chi connectivity index (χ1) is 4.70. The van der Waals surface area contributed by atoms with Gasteiger partial charge in [-0.05, 0) is 5.56 Å². The molecule has 1 rings (SSSR count). The van der Waals surface area contributed by atoms with Crippen LogP contribution in [0.5, 0.6) is 0 Å². The quantitative estimate of drug-likeness (QED) is 0.527. The first-order valence-electron chi connectivity index (χ1n) is 3.11. The molecule has 0 unspecified atom stereocenters. The summed E-state index contributed by atoms with van der Waals surface area (Å²) in [7, 11) is 2.04. The number of hydrogen-bond donors (Lipinski definition) is 0. The summed E-state index contributed by atoms with van der Waals surface area (Å²) < 4.78 is 0. The molecule has 0 fully saturated rings. The lowest BCUT2D eigenvalue weighted by atomic mass is 9.95. The van der Waals surface area contributed by atoms with Gasteiger partial charge in [0.05, 0.1) is 0 Å². The summed E-state index contributed by atoms with van der Waals surface area (Å²) in [5.74, 6) is 0. The van der Waals surface area contributed by atoms with Crippen molar-refractivity contribution in [3.63, 3.8) is 0 Å². The molecule has 0 atom stereocenters. The lowest BCUT2D eigenvalue weighted by molar-refractivity contribution is 1.70. The van der Waals surface area contributed by atoms with Gasteiger partial charge in [-0.3, -0.25) is 0 Å². The Morgan fingerprint density at radius 1 is 1.30 bits per heavy atom. The fourth-order valence-electron chi connectivity index (χ4n) is 0.734. The second kappa shape index (κ2) is 2.93. The molecule has 0 aliphatic carbocycles. The van der Waals surface area contributed by atoms with Gasteiger partial charge in [0.2, 0.25) is 0 Å². The third-order valence-electron chi connectivity index (χ3n) is 1.36. The fourth-order valence-corrected chi connectivity index (χ4v) is 0.860. The molecular formula is C8H8BCl. The summed E-state index contributed by atoms with van der Waals surface area (Å²) in [5, 5.41) is 0.597. The average molecular weight is 150 g/mol. The molecule has 0 aliphatic heterocycles. The zero-order valence-corrected chi connectivity index (χ0v) is 6.65. The van der Waals surface area contributed by atoms with Crippen LogP contribution in [0, 0.1) is 0 Å². The van der Waals surface area contributed by atoms with Gasteiger partial charge >= 0.3 is 0 Å². The highest BCUT2D eigenvalue weighted by Gasteiger charge is 1.91. The Morgan fingerprint density at radius 3 is 2.20 bits per heavy atom. The van der Waals surface area contributed by atoms with Crippen LogP contribution < -0.4 is 5.46 Å². The lowest BCUT2D eigenvalue weighted by Gasteiger charge is -1.96. The third kappa shape index (κ3) is 1.65. The first kappa shape index (κ1) is 7.42. The summed E-state index contributed by atoms with van der Waals surface area (Å²) in [6.45, 7) is 3.62. The van der Waals surface area contributed by atoms with E-state index in [4.69, 9.17) is 11.6 Å². The molecule has 1 aromatic carbocycles. The molecule has 0 aliphatic rings. The highest BCUT2D eigenvalue weighted by molar-refractivity contribution is 6.48. The van der Waals surface area contributed by atoms with Gasteiger partial charge in [-0.15, -0.1) is 0 Å². The Bertz CT molecular complexity index is 238. The van der Waals surface area contributed by atoms with E-state index in [1.54, 1.807) is 0 Å². The molecule has 10 heavy (non-hydrogen) atoms. The summed E-state index contributed by atoms with van der Waals surface area (Å²) in [6.07, 6.45) is 0. The van der Waals surface area contributed by atoms with E-state index in [0.717, 1.165) is 5.56 Å². The highest BCUT2D eigenvalue weighted by Crippen LogP contribution is 2.13. The minimum absolute atomic E-state index is 0.597. The van der Waals surface area contributed by atoms with Crippen LogP contribution in [0.15, 0.2) is 30.8 Å². The van der Waals surface area contributed by atoms with E-state index in [1.807, 2.05) is 32.1 Å². The van der Waals surface area contributed by atoms with Gasteiger partial charge in [0.15, 0.2) is 0 Å². The predicted octanol–water partition coefficient (Wildman–Crippen LogP) is 1.15. The minimum Gasteiger partial charge on any atom is -0.0889 e. The Kier molecular flexibility index (Phi) is 2.18. The van der Waals surface area contributed by atoms with Crippen molar-refractivity contribution >= 4 is 29.9 Å². The largest absolute Gasteiger partial charge is 0.139 e. The van der Waals surface area contributed by atoms with E-state index >= 15 is 0 Å². The predicted molar refractivity (Wildman–Crippen MR) is 49.5 cm³/mol. The van der Waals surface area contributed by atoms with Crippen molar-refractivity contribution in [1.82, 2.24) is 0 Å². The maximum atomic E-state index is 5.66. The van der Waals surface area contributed by atoms with E-state index in [-0.39, 0.29) is 0 Å². The average Bonchev–Trinajstić information content (AvgIpc) is 1.88. The van der Waals surface area contributed by atoms with Gasteiger partial charge in [-0.2, -0.15) is 0 Å². The molecule has 0 spiro atoms. The van der Waals surface area contributed by atoms with Crippen molar-refractivity contribution in [2.75, 3.05) is 0 Å². The van der Waals surface area contributed by atoms with Gasteiger partial charge in [0.25, 0.3) is 0 Å². The molecular weight excluding hydrogens is 142 g/mol. The number of hydrogen-bond acceptors (Lipinski definition) is 0. The van der Waals surface area contributed by atoms with Crippen LogP contribution in [0.25, 0.3) is 5.03 Å². The molecule has 0 saturated carbocycles. The van der Waals surface area contributed by atoms with E-state index in [0.29, 0.717) is 5.03 Å². The van der Waals surface area contributed by atoms with Crippen molar-refractivity contribution in [2.45, 2.75) is 0 Å². The van der Waals surface area contributed by atoms with E-state index in [2.05, 4.69) is 6.58 Å². The number of halogens is 1. The van der Waals surface area contributed by atoms with Crippen LogP contribution in [0.4, 0.5) is 0 Å². The topological polar surface area (TPSA) is 0 Å². The highest BCUT2D eigenvalue weighted by atomic mass is 35.5. The molecule has 0 N–H and O–H groups in total. The van der Waals surface area contributed by atoms with Crippen LogP contribution in [-0.4, -0.2) is 7.85 Å². The summed E-state index contributed by atoms with van der Waals surface area (Å²) >= 11 is 5.66. The molecule has 0 aromatic heterocycles. The molecule has 0 saturated heterocycles. The molecule has 2 heteroatoms. The monoisotopic (exact) mass is 150 g/mol. The van der Waals surface area contributed by atoms with Crippen molar-refractivity contribution in [3.05, 3.63) is 36.4 Å². The summed E-state index contributed by atoms with van der Waals surface area (Å²) in [4.78, 5) is 0. The second-order valence-corrected chi connectivity index (χ2v) is 2.73. The molecule has 0 bridgehead atoms. The van der Waals surface area contributed by atoms with Crippen LogP contribution in [-0.2, 0) is 0 Å². The molecule has 1 aromatic rings. The van der Waals surface area contributed by atoms with Crippen molar-refractivity contribution in [1.29, 1.82) is 0 Å². The Morgan fingerprint density at radius 2 is 1.80 bits per heavy atom. The van der Waals surface area contributed by atoms with E-state index < -0.39 is 0 Å². The standard InChI is InChI=1S/C8H8BCl/c1-6(10)7-2-4-8(9)5-3-7/h2-5H,1,9H2. The van der Waals surface area contributed by atoms with Gasteiger partial charge in [0.1, 0.15) is 7.85 Å². The maximum absolute atomic E-state index is 5.66. The molecule has 0 radical (unpaired) electrons. The minimum atomic E-state index is 0.597. The third-order valence-corrected chi connectivity index (χ3v) is 1.58. The normalized spacial score (nSPS) is 9.30. The van der Waals surface area contributed by atoms with E-state index in [1.165, 1.54) is 5.46 Å². The molecule has 0 nitrogen and oxygen atoms in total. The first-order valence-corrected chi connectivity index (χ1v) is 3.49. The molecule has 0 heterocycles.